The largest absolute Gasteiger partial charge is 0.307 e. The molecule has 0 N–H and O–H groups in total. The lowest BCUT2D eigenvalue weighted by atomic mass is 10.0. The number of nitriles is 3. The maximum atomic E-state index is 10.0. The van der Waals surface area contributed by atoms with Crippen molar-refractivity contribution in [3.8, 4) is 63.1 Å². The van der Waals surface area contributed by atoms with Gasteiger partial charge in [0.2, 0.25) is 0 Å². The summed E-state index contributed by atoms with van der Waals surface area (Å²) in [5.41, 5.74) is 12.4. The Morgan fingerprint density at radius 1 is 0.375 bits per heavy atom. The van der Waals surface area contributed by atoms with Crippen molar-refractivity contribution in [3.63, 3.8) is 0 Å². The highest BCUT2D eigenvalue weighted by atomic mass is 15.1. The van der Waals surface area contributed by atoms with Crippen molar-refractivity contribution < 1.29 is 0 Å². The highest BCUT2D eigenvalue weighted by Crippen LogP contribution is 2.40. The predicted octanol–water partition coefficient (Wildman–Crippen LogP) is 11.9. The minimum atomic E-state index is 0.565. The van der Waals surface area contributed by atoms with Gasteiger partial charge in [-0.2, -0.15) is 15.8 Å². The van der Waals surface area contributed by atoms with Crippen molar-refractivity contribution in [2.75, 3.05) is 0 Å². The number of para-hydroxylation sites is 2. The quantitative estimate of drug-likeness (QED) is 0.177. The van der Waals surface area contributed by atoms with Crippen molar-refractivity contribution >= 4 is 43.6 Å². The van der Waals surface area contributed by atoms with Gasteiger partial charge in [-0.3, -0.25) is 4.57 Å². The van der Waals surface area contributed by atoms with E-state index in [1.807, 2.05) is 85.1 Å². The number of fused-ring (bicyclic) bond motifs is 6. The lowest BCUT2D eigenvalue weighted by molar-refractivity contribution is 1.06. The molecule has 0 atom stereocenters. The molecule has 3 aromatic heterocycles. The molecule has 0 saturated heterocycles. The first-order valence-electron chi connectivity index (χ1n) is 18.2. The Hall–Kier alpha value is -8.24. The van der Waals surface area contributed by atoms with Crippen LogP contribution in [0.3, 0.4) is 0 Å². The molecule has 3 heterocycles. The number of benzene rings is 7. The average Bonchev–Trinajstić information content (AvgIpc) is 3.78. The number of aromatic nitrogens is 3. The number of hydrogen-bond acceptors (Lipinski definition) is 4. The van der Waals surface area contributed by atoms with Crippen LogP contribution in [0.4, 0.5) is 0 Å². The van der Waals surface area contributed by atoms with Gasteiger partial charge >= 0.3 is 0 Å². The second-order valence-electron chi connectivity index (χ2n) is 13.8. The van der Waals surface area contributed by atoms with E-state index in [2.05, 4.69) is 112 Å². The SMILES string of the molecule is N#Cc1cccc(-c2ccc3c4ccccc4n(-c4cc(-c5cccc(C#N)c5)c(-n5c6ccccc6c6ccc(-c7cccc(C#N)c7)cc65)cn4)c3c2)c1. The Kier molecular flexibility index (Phi) is 7.53. The van der Waals surface area contributed by atoms with Crippen LogP contribution in [0.5, 0.6) is 0 Å². The van der Waals surface area contributed by atoms with Crippen LogP contribution in [0.2, 0.25) is 0 Å². The first-order valence-corrected chi connectivity index (χ1v) is 18.2. The summed E-state index contributed by atoms with van der Waals surface area (Å²) in [5.74, 6) is 0.731. The summed E-state index contributed by atoms with van der Waals surface area (Å²) in [6, 6.07) is 61.7. The Morgan fingerprint density at radius 2 is 0.821 bits per heavy atom. The van der Waals surface area contributed by atoms with Gasteiger partial charge in [0.05, 0.1) is 68.8 Å². The van der Waals surface area contributed by atoms with Crippen molar-refractivity contribution in [1.82, 2.24) is 14.1 Å². The van der Waals surface area contributed by atoms with E-state index >= 15 is 0 Å². The van der Waals surface area contributed by atoms with Gasteiger partial charge in [-0.25, -0.2) is 4.98 Å². The van der Waals surface area contributed by atoms with Crippen LogP contribution >= 0.6 is 0 Å². The molecule has 258 valence electrons. The van der Waals surface area contributed by atoms with Crippen LogP contribution in [-0.4, -0.2) is 14.1 Å². The van der Waals surface area contributed by atoms with Gasteiger partial charge < -0.3 is 4.57 Å². The maximum absolute atomic E-state index is 10.0. The molecule has 6 nitrogen and oxygen atoms in total. The molecule has 0 amide bonds. The summed E-state index contributed by atoms with van der Waals surface area (Å²) >= 11 is 0. The Balaban J connectivity index is 1.26. The van der Waals surface area contributed by atoms with Gasteiger partial charge in [0, 0.05) is 27.1 Å². The van der Waals surface area contributed by atoms with Gasteiger partial charge in [0.15, 0.2) is 0 Å². The number of hydrogen-bond donors (Lipinski definition) is 0. The number of pyridine rings is 1. The Bertz CT molecular complexity index is 3360. The third kappa shape index (κ3) is 5.20. The van der Waals surface area contributed by atoms with Gasteiger partial charge in [0.25, 0.3) is 0 Å². The molecule has 0 radical (unpaired) electrons. The third-order valence-electron chi connectivity index (χ3n) is 10.6. The van der Waals surface area contributed by atoms with Crippen LogP contribution in [0.25, 0.3) is 88.5 Å². The Morgan fingerprint density at radius 3 is 1.38 bits per heavy atom. The van der Waals surface area contributed by atoms with Gasteiger partial charge in [-0.1, -0.05) is 97.1 Å². The summed E-state index contributed by atoms with van der Waals surface area (Å²) in [6.45, 7) is 0. The molecular weight excluding hydrogens is 685 g/mol. The highest BCUT2D eigenvalue weighted by molar-refractivity contribution is 6.12. The third-order valence-corrected chi connectivity index (χ3v) is 10.6. The minimum Gasteiger partial charge on any atom is -0.307 e. The van der Waals surface area contributed by atoms with E-state index < -0.39 is 0 Å². The zero-order valence-electron chi connectivity index (χ0n) is 29.8. The first kappa shape index (κ1) is 32.4. The molecule has 0 spiro atoms. The fraction of sp³-hybridized carbons (Fsp3) is 0. The van der Waals surface area contributed by atoms with E-state index in [0.29, 0.717) is 16.7 Å². The monoisotopic (exact) mass is 712 g/mol. The molecule has 0 aliphatic rings. The average molecular weight is 713 g/mol. The second kappa shape index (κ2) is 13.0. The second-order valence-corrected chi connectivity index (χ2v) is 13.8. The number of nitrogens with zero attached hydrogens (tertiary/aromatic N) is 6. The van der Waals surface area contributed by atoms with Gasteiger partial charge in [-0.05, 0) is 94.5 Å². The lowest BCUT2D eigenvalue weighted by Gasteiger charge is -2.17. The highest BCUT2D eigenvalue weighted by Gasteiger charge is 2.20. The summed E-state index contributed by atoms with van der Waals surface area (Å²) in [4.78, 5) is 5.25. The molecule has 0 aliphatic carbocycles. The van der Waals surface area contributed by atoms with Crippen LogP contribution in [0.15, 0.2) is 170 Å². The van der Waals surface area contributed by atoms with E-state index in [-0.39, 0.29) is 0 Å². The molecule has 0 bridgehead atoms. The van der Waals surface area contributed by atoms with Crippen molar-refractivity contribution in [3.05, 3.63) is 187 Å². The van der Waals surface area contributed by atoms with Crippen LogP contribution in [0.1, 0.15) is 16.7 Å². The predicted molar refractivity (Wildman–Crippen MR) is 223 cm³/mol. The Labute approximate surface area is 322 Å². The fourth-order valence-corrected chi connectivity index (χ4v) is 8.07. The molecule has 7 aromatic carbocycles. The summed E-state index contributed by atoms with van der Waals surface area (Å²) in [6.07, 6.45) is 1.94. The normalized spacial score (nSPS) is 11.2. The minimum absolute atomic E-state index is 0.565. The molecular formula is C50H28N6. The van der Waals surface area contributed by atoms with Crippen molar-refractivity contribution in [2.45, 2.75) is 0 Å². The van der Waals surface area contributed by atoms with Crippen molar-refractivity contribution in [1.29, 1.82) is 15.8 Å². The summed E-state index contributed by atoms with van der Waals surface area (Å²) < 4.78 is 4.47. The van der Waals surface area contributed by atoms with Crippen LogP contribution in [0, 0.1) is 34.0 Å². The molecule has 10 aromatic rings. The summed E-state index contributed by atoms with van der Waals surface area (Å²) in [5, 5.41) is 33.7. The van der Waals surface area contributed by atoms with E-state index in [1.165, 1.54) is 0 Å². The van der Waals surface area contributed by atoms with Crippen molar-refractivity contribution in [2.24, 2.45) is 0 Å². The molecule has 0 fully saturated rings. The molecule has 0 saturated carbocycles. The standard InChI is InChI=1S/C50H28N6/c51-28-32-8-5-11-35(22-32)37-18-20-42-40-14-1-3-16-45(40)55(47(42)25-37)49-31-54-50(27-44(49)39-13-7-10-34(24-39)30-53)56-46-17-4-2-15-41(46)43-21-19-38(26-48(43)56)36-12-6-9-33(23-36)29-52/h1-27,31H. The lowest BCUT2D eigenvalue weighted by Crippen LogP contribution is -2.03. The zero-order valence-corrected chi connectivity index (χ0v) is 29.8. The summed E-state index contributed by atoms with van der Waals surface area (Å²) in [7, 11) is 0. The molecule has 6 heteroatoms. The molecule has 10 rings (SSSR count). The van der Waals surface area contributed by atoms with Gasteiger partial charge in [-0.15, -0.1) is 0 Å². The first-order chi connectivity index (χ1) is 27.6. The fourth-order valence-electron chi connectivity index (χ4n) is 8.07. The van der Waals surface area contributed by atoms with E-state index in [1.54, 1.807) is 0 Å². The van der Waals surface area contributed by atoms with Crippen LogP contribution in [-0.2, 0) is 0 Å². The molecule has 56 heavy (non-hydrogen) atoms. The molecule has 0 unspecified atom stereocenters. The zero-order chi connectivity index (χ0) is 37.8. The number of rotatable bonds is 5. The topological polar surface area (TPSA) is 94.1 Å². The smallest absolute Gasteiger partial charge is 0.138 e. The van der Waals surface area contributed by atoms with E-state index in [4.69, 9.17) is 4.98 Å². The van der Waals surface area contributed by atoms with Crippen LogP contribution < -0.4 is 0 Å². The van der Waals surface area contributed by atoms with E-state index in [9.17, 15) is 15.8 Å². The van der Waals surface area contributed by atoms with E-state index in [0.717, 1.165) is 88.5 Å². The molecule has 0 aliphatic heterocycles. The van der Waals surface area contributed by atoms with Gasteiger partial charge in [0.1, 0.15) is 5.82 Å². The maximum Gasteiger partial charge on any atom is 0.138 e.